The summed E-state index contributed by atoms with van der Waals surface area (Å²) in [4.78, 5) is 0. The van der Waals surface area contributed by atoms with Crippen molar-refractivity contribution in [3.05, 3.63) is 54.6 Å². The first kappa shape index (κ1) is 15.4. The molecule has 112 valence electrons. The van der Waals surface area contributed by atoms with Crippen molar-refractivity contribution in [2.45, 2.75) is 13.0 Å². The molecule has 0 aliphatic rings. The fraction of sp³-hybridized carbons (Fsp3) is 0.294. The van der Waals surface area contributed by atoms with E-state index < -0.39 is 6.10 Å². The van der Waals surface area contributed by atoms with Gasteiger partial charge in [-0.2, -0.15) is 0 Å². The summed E-state index contributed by atoms with van der Waals surface area (Å²) < 4.78 is 11.0. The molecule has 0 aliphatic heterocycles. The van der Waals surface area contributed by atoms with Gasteiger partial charge in [0.25, 0.3) is 0 Å². The van der Waals surface area contributed by atoms with Gasteiger partial charge < -0.3 is 19.9 Å². The van der Waals surface area contributed by atoms with Crippen LogP contribution in [0, 0.1) is 0 Å². The van der Waals surface area contributed by atoms with Gasteiger partial charge in [0.1, 0.15) is 5.75 Å². The Morgan fingerprint density at radius 2 is 1.76 bits per heavy atom. The average Bonchev–Trinajstić information content (AvgIpc) is 2.53. The van der Waals surface area contributed by atoms with Crippen LogP contribution in [-0.2, 0) is 4.74 Å². The van der Waals surface area contributed by atoms with Crippen molar-refractivity contribution in [1.29, 1.82) is 0 Å². The zero-order valence-corrected chi connectivity index (χ0v) is 12.2. The summed E-state index contributed by atoms with van der Waals surface area (Å²) in [5, 5.41) is 13.0. The number of aliphatic hydroxyl groups excluding tert-OH is 1. The van der Waals surface area contributed by atoms with Gasteiger partial charge in [-0.1, -0.05) is 30.3 Å². The number of aliphatic hydroxyl groups is 1. The van der Waals surface area contributed by atoms with E-state index in [1.165, 1.54) is 0 Å². The van der Waals surface area contributed by atoms with Crippen molar-refractivity contribution in [1.82, 2.24) is 0 Å². The molecule has 0 bridgehead atoms. The molecule has 2 N–H and O–H groups in total. The number of hydrogen-bond acceptors (Lipinski definition) is 4. The van der Waals surface area contributed by atoms with E-state index in [1.54, 1.807) is 0 Å². The minimum Gasteiger partial charge on any atom is -0.455 e. The van der Waals surface area contributed by atoms with Crippen LogP contribution in [0.15, 0.2) is 54.6 Å². The topological polar surface area (TPSA) is 50.7 Å². The summed E-state index contributed by atoms with van der Waals surface area (Å²) in [7, 11) is 0. The monoisotopic (exact) mass is 287 g/mol. The summed E-state index contributed by atoms with van der Waals surface area (Å²) in [6.07, 6.45) is -0.547. The van der Waals surface area contributed by atoms with Crippen LogP contribution in [0.3, 0.4) is 0 Å². The smallest absolute Gasteiger partial charge is 0.150 e. The van der Waals surface area contributed by atoms with Gasteiger partial charge in [-0.25, -0.2) is 0 Å². The first-order chi connectivity index (χ1) is 10.3. The predicted molar refractivity (Wildman–Crippen MR) is 83.9 cm³/mol. The van der Waals surface area contributed by atoms with Gasteiger partial charge in [-0.3, -0.25) is 0 Å². The molecule has 2 aromatic rings. The van der Waals surface area contributed by atoms with Crippen LogP contribution in [-0.4, -0.2) is 31.0 Å². The quantitative estimate of drug-likeness (QED) is 0.782. The van der Waals surface area contributed by atoms with Crippen LogP contribution >= 0.6 is 0 Å². The summed E-state index contributed by atoms with van der Waals surface area (Å²) in [6, 6.07) is 17.3. The summed E-state index contributed by atoms with van der Waals surface area (Å²) in [5.74, 6) is 1.51. The predicted octanol–water partition coefficient (Wildman–Crippen LogP) is 3.29. The summed E-state index contributed by atoms with van der Waals surface area (Å²) in [6.45, 7) is 3.24. The zero-order chi connectivity index (χ0) is 14.9. The maximum atomic E-state index is 9.79. The maximum absolute atomic E-state index is 9.79. The van der Waals surface area contributed by atoms with Crippen molar-refractivity contribution in [2.75, 3.05) is 25.1 Å². The van der Waals surface area contributed by atoms with E-state index in [0.717, 1.165) is 17.2 Å². The molecule has 0 saturated heterocycles. The Balaban J connectivity index is 1.97. The van der Waals surface area contributed by atoms with Gasteiger partial charge in [0.05, 0.1) is 18.4 Å². The Bertz CT molecular complexity index is 531. The first-order valence-electron chi connectivity index (χ1n) is 7.11. The Morgan fingerprint density at radius 1 is 1.05 bits per heavy atom. The summed E-state index contributed by atoms with van der Waals surface area (Å²) in [5.41, 5.74) is 0.844. The minimum atomic E-state index is -0.547. The second kappa shape index (κ2) is 8.29. The highest BCUT2D eigenvalue weighted by Crippen LogP contribution is 2.28. The third-order valence-corrected chi connectivity index (χ3v) is 2.90. The second-order valence-corrected chi connectivity index (χ2v) is 4.61. The lowest BCUT2D eigenvalue weighted by atomic mass is 10.2. The lowest BCUT2D eigenvalue weighted by molar-refractivity contribution is 0.0496. The van der Waals surface area contributed by atoms with Crippen LogP contribution in [0.25, 0.3) is 0 Å². The molecule has 0 saturated carbocycles. The van der Waals surface area contributed by atoms with Gasteiger partial charge in [0, 0.05) is 13.2 Å². The van der Waals surface area contributed by atoms with Gasteiger partial charge in [-0.15, -0.1) is 0 Å². The molecule has 0 heterocycles. The summed E-state index contributed by atoms with van der Waals surface area (Å²) >= 11 is 0. The van der Waals surface area contributed by atoms with E-state index in [2.05, 4.69) is 5.32 Å². The molecule has 0 radical (unpaired) electrons. The molecule has 1 unspecified atom stereocenters. The number of nitrogens with one attached hydrogen (secondary N) is 1. The molecular formula is C17H21NO3. The molecule has 21 heavy (non-hydrogen) atoms. The molecular weight excluding hydrogens is 266 g/mol. The second-order valence-electron chi connectivity index (χ2n) is 4.61. The minimum absolute atomic E-state index is 0.325. The number of rotatable bonds is 8. The Labute approximate surface area is 125 Å². The molecule has 0 aromatic heterocycles. The largest absolute Gasteiger partial charge is 0.455 e. The van der Waals surface area contributed by atoms with Gasteiger partial charge in [-0.05, 0) is 31.2 Å². The fourth-order valence-corrected chi connectivity index (χ4v) is 1.86. The average molecular weight is 287 g/mol. The van der Waals surface area contributed by atoms with Crippen LogP contribution in [0.2, 0.25) is 0 Å². The molecule has 4 nitrogen and oxygen atoms in total. The van der Waals surface area contributed by atoms with Gasteiger partial charge in [0.2, 0.25) is 0 Å². The lowest BCUT2D eigenvalue weighted by Gasteiger charge is -2.15. The Morgan fingerprint density at radius 3 is 2.52 bits per heavy atom. The molecule has 2 aromatic carbocycles. The molecule has 1 atom stereocenters. The van der Waals surface area contributed by atoms with E-state index in [-0.39, 0.29) is 0 Å². The highest BCUT2D eigenvalue weighted by molar-refractivity contribution is 5.57. The standard InChI is InChI=1S/C17H21NO3/c1-2-20-13-14(19)12-18-16-10-6-7-11-17(16)21-15-8-4-3-5-9-15/h3-11,14,18-19H,2,12-13H2,1H3. The van der Waals surface area contributed by atoms with Crippen molar-refractivity contribution in [3.8, 4) is 11.5 Å². The molecule has 4 heteroatoms. The third kappa shape index (κ3) is 5.10. The van der Waals surface area contributed by atoms with Gasteiger partial charge in [0.15, 0.2) is 5.75 Å². The maximum Gasteiger partial charge on any atom is 0.150 e. The van der Waals surface area contributed by atoms with E-state index in [1.807, 2.05) is 61.5 Å². The van der Waals surface area contributed by atoms with E-state index in [0.29, 0.717) is 19.8 Å². The van der Waals surface area contributed by atoms with Crippen molar-refractivity contribution < 1.29 is 14.6 Å². The number of benzene rings is 2. The third-order valence-electron chi connectivity index (χ3n) is 2.90. The molecule has 0 amide bonds. The van der Waals surface area contributed by atoms with Crippen molar-refractivity contribution in [2.24, 2.45) is 0 Å². The van der Waals surface area contributed by atoms with Crippen LogP contribution < -0.4 is 10.1 Å². The van der Waals surface area contributed by atoms with Crippen molar-refractivity contribution in [3.63, 3.8) is 0 Å². The lowest BCUT2D eigenvalue weighted by Crippen LogP contribution is -2.24. The Hall–Kier alpha value is -2.04. The van der Waals surface area contributed by atoms with E-state index in [9.17, 15) is 5.11 Å². The molecule has 0 aliphatic carbocycles. The normalized spacial score (nSPS) is 11.9. The number of hydrogen-bond donors (Lipinski definition) is 2. The molecule has 0 spiro atoms. The molecule has 2 rings (SSSR count). The first-order valence-corrected chi connectivity index (χ1v) is 7.11. The fourth-order valence-electron chi connectivity index (χ4n) is 1.86. The van der Waals surface area contributed by atoms with Crippen molar-refractivity contribution >= 4 is 5.69 Å². The number of para-hydroxylation sites is 3. The number of anilines is 1. The van der Waals surface area contributed by atoms with Crippen LogP contribution in [0.5, 0.6) is 11.5 Å². The van der Waals surface area contributed by atoms with Crippen LogP contribution in [0.1, 0.15) is 6.92 Å². The molecule has 0 fully saturated rings. The Kier molecular flexibility index (Phi) is 6.06. The zero-order valence-electron chi connectivity index (χ0n) is 12.2. The van der Waals surface area contributed by atoms with Gasteiger partial charge >= 0.3 is 0 Å². The van der Waals surface area contributed by atoms with E-state index in [4.69, 9.17) is 9.47 Å². The number of ether oxygens (including phenoxy) is 2. The highest BCUT2D eigenvalue weighted by atomic mass is 16.5. The van der Waals surface area contributed by atoms with Crippen LogP contribution in [0.4, 0.5) is 5.69 Å². The van der Waals surface area contributed by atoms with E-state index >= 15 is 0 Å². The highest BCUT2D eigenvalue weighted by Gasteiger charge is 2.07. The SMILES string of the molecule is CCOCC(O)CNc1ccccc1Oc1ccccc1.